The zero-order chi connectivity index (χ0) is 14.9. The summed E-state index contributed by atoms with van der Waals surface area (Å²) in [5.74, 6) is -0.533. The molecule has 1 saturated heterocycles. The number of carbonyl (C=O) groups excluding carboxylic acids is 1. The molecule has 7 heteroatoms. The Morgan fingerprint density at radius 3 is 2.75 bits per heavy atom. The van der Waals surface area contributed by atoms with Gasteiger partial charge in [0.15, 0.2) is 0 Å². The highest BCUT2D eigenvalue weighted by molar-refractivity contribution is 5.77. The van der Waals surface area contributed by atoms with Crippen LogP contribution in [0.25, 0.3) is 0 Å². The maximum Gasteiger partial charge on any atom is 0.416 e. The van der Waals surface area contributed by atoms with E-state index < -0.39 is 17.6 Å². The van der Waals surface area contributed by atoms with E-state index in [9.17, 15) is 18.0 Å². The summed E-state index contributed by atoms with van der Waals surface area (Å²) in [5.41, 5.74) is 4.55. The molecule has 0 aliphatic carbocycles. The number of carbonyl (C=O) groups is 1. The Balaban J connectivity index is 2.27. The Labute approximate surface area is 114 Å². The van der Waals surface area contributed by atoms with Crippen molar-refractivity contribution in [3.63, 3.8) is 0 Å². The lowest BCUT2D eigenvalue weighted by Gasteiger charge is -2.37. The van der Waals surface area contributed by atoms with Crippen LogP contribution in [-0.4, -0.2) is 23.5 Å². The summed E-state index contributed by atoms with van der Waals surface area (Å²) in [5, 5.41) is 0. The van der Waals surface area contributed by atoms with Crippen LogP contribution in [0.5, 0.6) is 0 Å². The number of hydrogen-bond donors (Lipinski definition) is 1. The second-order valence-corrected chi connectivity index (χ2v) is 5.08. The summed E-state index contributed by atoms with van der Waals surface area (Å²) >= 11 is 0. The van der Waals surface area contributed by atoms with Gasteiger partial charge >= 0.3 is 6.18 Å². The zero-order valence-electron chi connectivity index (χ0n) is 11.0. The third-order valence-corrected chi connectivity index (χ3v) is 3.65. The van der Waals surface area contributed by atoms with Crippen LogP contribution in [0.1, 0.15) is 25.3 Å². The zero-order valence-corrected chi connectivity index (χ0v) is 11.0. The van der Waals surface area contributed by atoms with E-state index in [0.29, 0.717) is 19.4 Å². The van der Waals surface area contributed by atoms with Crippen LogP contribution in [-0.2, 0) is 11.0 Å². The summed E-state index contributed by atoms with van der Waals surface area (Å²) in [6, 6.07) is 1.98. The van der Waals surface area contributed by atoms with Crippen LogP contribution in [0.15, 0.2) is 18.3 Å². The molecule has 4 nitrogen and oxygen atoms in total. The fourth-order valence-corrected chi connectivity index (χ4v) is 2.41. The molecule has 1 aliphatic rings. The molecule has 2 atom stereocenters. The van der Waals surface area contributed by atoms with Crippen LogP contribution in [0.4, 0.5) is 19.0 Å². The van der Waals surface area contributed by atoms with E-state index >= 15 is 0 Å². The largest absolute Gasteiger partial charge is 0.416 e. The van der Waals surface area contributed by atoms with E-state index in [1.807, 2.05) is 6.92 Å². The lowest BCUT2D eigenvalue weighted by atomic mass is 9.93. The van der Waals surface area contributed by atoms with Gasteiger partial charge in [0, 0.05) is 18.8 Å². The first kappa shape index (κ1) is 14.6. The van der Waals surface area contributed by atoms with Crippen molar-refractivity contribution >= 4 is 11.7 Å². The molecule has 2 N–H and O–H groups in total. The van der Waals surface area contributed by atoms with Gasteiger partial charge in [0.25, 0.3) is 0 Å². The summed E-state index contributed by atoms with van der Waals surface area (Å²) in [4.78, 5) is 17.0. The standard InChI is InChI=1S/C13H16F3N3O/c1-8-2-3-9(12(17)20)7-19(8)11-6-10(4-5-18-11)13(14,15)16/h4-6,8-9H,2-3,7H2,1H3,(H2,17,20). The van der Waals surface area contributed by atoms with Crippen molar-refractivity contribution in [2.45, 2.75) is 32.0 Å². The molecule has 0 bridgehead atoms. The van der Waals surface area contributed by atoms with Gasteiger partial charge in [-0.15, -0.1) is 0 Å². The number of nitrogens with two attached hydrogens (primary N) is 1. The number of halogens is 3. The van der Waals surface area contributed by atoms with Crippen LogP contribution in [0.3, 0.4) is 0 Å². The molecule has 20 heavy (non-hydrogen) atoms. The van der Waals surface area contributed by atoms with Gasteiger partial charge in [0.2, 0.25) is 5.91 Å². The van der Waals surface area contributed by atoms with Crippen molar-refractivity contribution in [1.29, 1.82) is 0 Å². The van der Waals surface area contributed by atoms with E-state index in [4.69, 9.17) is 5.73 Å². The van der Waals surface area contributed by atoms with Gasteiger partial charge in [0.1, 0.15) is 5.82 Å². The number of nitrogens with zero attached hydrogens (tertiary/aromatic N) is 2. The van der Waals surface area contributed by atoms with Gasteiger partial charge in [-0.2, -0.15) is 13.2 Å². The summed E-state index contributed by atoms with van der Waals surface area (Å²) in [6.45, 7) is 2.21. The summed E-state index contributed by atoms with van der Waals surface area (Å²) in [7, 11) is 0. The van der Waals surface area contributed by atoms with E-state index in [2.05, 4.69) is 4.98 Å². The van der Waals surface area contributed by atoms with Crippen molar-refractivity contribution in [1.82, 2.24) is 4.98 Å². The average Bonchev–Trinajstić information content (AvgIpc) is 2.38. The first-order valence-electron chi connectivity index (χ1n) is 6.38. The molecular weight excluding hydrogens is 271 g/mol. The Morgan fingerprint density at radius 2 is 2.15 bits per heavy atom. The number of piperidine rings is 1. The fourth-order valence-electron chi connectivity index (χ4n) is 2.41. The Bertz CT molecular complexity index is 504. The highest BCUT2D eigenvalue weighted by atomic mass is 19.4. The number of pyridine rings is 1. The first-order valence-corrected chi connectivity index (χ1v) is 6.38. The Hall–Kier alpha value is -1.79. The molecule has 1 amide bonds. The number of hydrogen-bond acceptors (Lipinski definition) is 3. The molecule has 0 spiro atoms. The quantitative estimate of drug-likeness (QED) is 0.907. The predicted octanol–water partition coefficient (Wildman–Crippen LogP) is 2.19. The van der Waals surface area contributed by atoms with Gasteiger partial charge in [-0.3, -0.25) is 4.79 Å². The third kappa shape index (κ3) is 3.02. The normalized spacial score (nSPS) is 23.7. The SMILES string of the molecule is CC1CCC(C(N)=O)CN1c1cc(C(F)(F)F)ccn1. The predicted molar refractivity (Wildman–Crippen MR) is 68.0 cm³/mol. The van der Waals surface area contributed by atoms with Gasteiger partial charge in [-0.05, 0) is 31.9 Å². The van der Waals surface area contributed by atoms with Gasteiger partial charge in [-0.25, -0.2) is 4.98 Å². The number of primary amides is 1. The maximum atomic E-state index is 12.7. The molecule has 0 radical (unpaired) electrons. The maximum absolute atomic E-state index is 12.7. The Morgan fingerprint density at radius 1 is 1.45 bits per heavy atom. The van der Waals surface area contributed by atoms with Crippen molar-refractivity contribution in [3.05, 3.63) is 23.9 Å². The van der Waals surface area contributed by atoms with Gasteiger partial charge < -0.3 is 10.6 Å². The number of rotatable bonds is 2. The second kappa shape index (κ2) is 5.30. The van der Waals surface area contributed by atoms with E-state index in [-0.39, 0.29) is 17.8 Å². The number of alkyl halides is 3. The van der Waals surface area contributed by atoms with Crippen molar-refractivity contribution in [2.75, 3.05) is 11.4 Å². The van der Waals surface area contributed by atoms with Crippen molar-refractivity contribution < 1.29 is 18.0 Å². The second-order valence-electron chi connectivity index (χ2n) is 5.08. The summed E-state index contributed by atoms with van der Waals surface area (Å²) < 4.78 is 38.2. The molecule has 0 saturated carbocycles. The molecule has 1 aromatic rings. The van der Waals surface area contributed by atoms with E-state index in [0.717, 1.165) is 18.3 Å². The van der Waals surface area contributed by atoms with Crippen LogP contribution >= 0.6 is 0 Å². The Kier molecular flexibility index (Phi) is 3.87. The highest BCUT2D eigenvalue weighted by Crippen LogP contribution is 2.32. The molecule has 0 aromatic carbocycles. The number of amides is 1. The monoisotopic (exact) mass is 287 g/mol. The molecule has 2 heterocycles. The van der Waals surface area contributed by atoms with Crippen LogP contribution in [0.2, 0.25) is 0 Å². The minimum absolute atomic E-state index is 0.0292. The first-order chi connectivity index (χ1) is 9.29. The van der Waals surface area contributed by atoms with Crippen LogP contribution < -0.4 is 10.6 Å². The smallest absolute Gasteiger partial charge is 0.369 e. The topological polar surface area (TPSA) is 59.2 Å². The minimum atomic E-state index is -4.40. The molecule has 1 fully saturated rings. The van der Waals surface area contributed by atoms with E-state index in [1.165, 1.54) is 0 Å². The number of aromatic nitrogens is 1. The van der Waals surface area contributed by atoms with Gasteiger partial charge in [-0.1, -0.05) is 0 Å². The van der Waals surface area contributed by atoms with Gasteiger partial charge in [0.05, 0.1) is 11.5 Å². The van der Waals surface area contributed by atoms with Crippen molar-refractivity contribution in [2.24, 2.45) is 11.7 Å². The molecule has 1 aliphatic heterocycles. The number of anilines is 1. The molecule has 110 valence electrons. The minimum Gasteiger partial charge on any atom is -0.369 e. The molecule has 1 aromatic heterocycles. The van der Waals surface area contributed by atoms with E-state index in [1.54, 1.807) is 4.90 Å². The fraction of sp³-hybridized carbons (Fsp3) is 0.538. The molecule has 2 rings (SSSR count). The lowest BCUT2D eigenvalue weighted by molar-refractivity contribution is -0.137. The average molecular weight is 287 g/mol. The van der Waals surface area contributed by atoms with Crippen LogP contribution in [0, 0.1) is 5.92 Å². The third-order valence-electron chi connectivity index (χ3n) is 3.65. The lowest BCUT2D eigenvalue weighted by Crippen LogP contribution is -2.46. The molecule has 2 unspecified atom stereocenters. The molecular formula is C13H16F3N3O. The summed E-state index contributed by atoms with van der Waals surface area (Å²) in [6.07, 6.45) is -1.91. The highest BCUT2D eigenvalue weighted by Gasteiger charge is 2.33. The van der Waals surface area contributed by atoms with Crippen molar-refractivity contribution in [3.8, 4) is 0 Å².